The highest BCUT2D eigenvalue weighted by Crippen LogP contribution is 2.29. The van der Waals surface area contributed by atoms with Crippen molar-refractivity contribution in [1.29, 1.82) is 0 Å². The fourth-order valence-electron chi connectivity index (χ4n) is 3.54. The second-order valence-corrected chi connectivity index (χ2v) is 7.19. The van der Waals surface area contributed by atoms with Crippen LogP contribution in [0.1, 0.15) is 37.4 Å². The molecular weight excluding hydrogens is 362 g/mol. The zero-order valence-electron chi connectivity index (χ0n) is 15.7. The van der Waals surface area contributed by atoms with Gasteiger partial charge in [-0.25, -0.2) is 0 Å². The van der Waals surface area contributed by atoms with Crippen molar-refractivity contribution >= 4 is 0 Å². The number of hydrogen-bond acceptors (Lipinski definition) is 9. The molecule has 3 heterocycles. The molecule has 1 atom stereocenters. The number of rotatable bonds is 6. The highest BCUT2D eigenvalue weighted by molar-refractivity contribution is 5.61. The van der Waals surface area contributed by atoms with Crippen molar-refractivity contribution in [2.24, 2.45) is 0 Å². The minimum Gasteiger partial charge on any atom is -0.507 e. The first-order valence-corrected chi connectivity index (χ1v) is 9.41. The van der Waals surface area contributed by atoms with Crippen LogP contribution in [0.15, 0.2) is 33.2 Å². The van der Waals surface area contributed by atoms with Crippen LogP contribution in [0.2, 0.25) is 0 Å². The molecule has 0 bridgehead atoms. The number of hydrogen-bond donors (Lipinski definition) is 2. The average Bonchev–Trinajstić information content (AvgIpc) is 3.31. The summed E-state index contributed by atoms with van der Waals surface area (Å²) in [6, 6.07) is 6.83. The molecule has 3 aromatic rings. The highest BCUT2D eigenvalue weighted by Gasteiger charge is 2.35. The van der Waals surface area contributed by atoms with E-state index in [9.17, 15) is 10.2 Å². The maximum atomic E-state index is 11.0. The number of aryl methyl sites for hydroxylation is 1. The van der Waals surface area contributed by atoms with Gasteiger partial charge in [0.1, 0.15) is 5.75 Å². The predicted octanol–water partition coefficient (Wildman–Crippen LogP) is 1.96. The Morgan fingerprint density at radius 2 is 2.07 bits per heavy atom. The molecule has 0 spiro atoms. The second-order valence-electron chi connectivity index (χ2n) is 7.19. The van der Waals surface area contributed by atoms with Gasteiger partial charge in [0, 0.05) is 13.0 Å². The largest absolute Gasteiger partial charge is 0.507 e. The number of aliphatic hydroxyl groups is 1. The van der Waals surface area contributed by atoms with Gasteiger partial charge in [0.25, 0.3) is 5.89 Å². The van der Waals surface area contributed by atoms with E-state index >= 15 is 0 Å². The SMILES string of the molecule is CCc1noc(CC2(O)CCCN(Cc3nnc(-c4ccccc4O)o3)C2)n1. The van der Waals surface area contributed by atoms with Crippen LogP contribution in [0.3, 0.4) is 0 Å². The molecule has 2 N–H and O–H groups in total. The molecule has 9 nitrogen and oxygen atoms in total. The van der Waals surface area contributed by atoms with Crippen LogP contribution in [0.25, 0.3) is 11.5 Å². The lowest BCUT2D eigenvalue weighted by Crippen LogP contribution is -2.49. The van der Waals surface area contributed by atoms with Gasteiger partial charge in [0.05, 0.1) is 24.1 Å². The Hall–Kier alpha value is -2.78. The molecule has 148 valence electrons. The Morgan fingerprint density at radius 1 is 1.21 bits per heavy atom. The number of aromatic nitrogens is 4. The highest BCUT2D eigenvalue weighted by atomic mass is 16.5. The summed E-state index contributed by atoms with van der Waals surface area (Å²) >= 11 is 0. The lowest BCUT2D eigenvalue weighted by atomic mass is 9.89. The molecule has 1 aliphatic rings. The monoisotopic (exact) mass is 385 g/mol. The molecule has 1 aliphatic heterocycles. The van der Waals surface area contributed by atoms with E-state index in [0.717, 1.165) is 13.0 Å². The van der Waals surface area contributed by atoms with E-state index in [0.29, 0.717) is 55.5 Å². The van der Waals surface area contributed by atoms with Crippen LogP contribution in [-0.2, 0) is 19.4 Å². The van der Waals surface area contributed by atoms with E-state index in [2.05, 4.69) is 25.2 Å². The third-order valence-corrected chi connectivity index (χ3v) is 4.90. The first-order valence-electron chi connectivity index (χ1n) is 9.41. The standard InChI is InChI=1S/C19H23N5O4/c1-2-15-20-16(28-23-15)10-19(26)8-5-9-24(12-19)11-17-21-22-18(27-17)13-6-3-4-7-14(13)25/h3-4,6-7,25-26H,2,5,8-12H2,1H3. The van der Waals surface area contributed by atoms with Crippen LogP contribution >= 0.6 is 0 Å². The van der Waals surface area contributed by atoms with Gasteiger partial charge in [0.2, 0.25) is 11.8 Å². The summed E-state index contributed by atoms with van der Waals surface area (Å²) < 4.78 is 10.9. The number of β-amino-alcohol motifs (C(OH)–C–C–N with tert-alkyl or cyclic N) is 1. The van der Waals surface area contributed by atoms with Crippen LogP contribution in [-0.4, -0.2) is 54.1 Å². The molecule has 9 heteroatoms. The molecule has 1 aromatic carbocycles. The van der Waals surface area contributed by atoms with E-state index in [4.69, 9.17) is 8.94 Å². The third-order valence-electron chi connectivity index (χ3n) is 4.90. The summed E-state index contributed by atoms with van der Waals surface area (Å²) in [5, 5.41) is 32.9. The topological polar surface area (TPSA) is 122 Å². The van der Waals surface area contributed by atoms with Crippen LogP contribution in [0.4, 0.5) is 0 Å². The molecule has 0 radical (unpaired) electrons. The number of likely N-dealkylation sites (tertiary alicyclic amines) is 1. The fraction of sp³-hybridized carbons (Fsp3) is 0.474. The Morgan fingerprint density at radius 3 is 2.86 bits per heavy atom. The number of para-hydroxylation sites is 1. The normalized spacial score (nSPS) is 20.5. The maximum absolute atomic E-state index is 11.0. The van der Waals surface area contributed by atoms with Gasteiger partial charge in [-0.05, 0) is 31.5 Å². The summed E-state index contributed by atoms with van der Waals surface area (Å²) in [7, 11) is 0. The molecule has 0 saturated carbocycles. The molecule has 1 fully saturated rings. The van der Waals surface area contributed by atoms with Gasteiger partial charge in [-0.2, -0.15) is 4.98 Å². The van der Waals surface area contributed by atoms with E-state index in [1.54, 1.807) is 24.3 Å². The molecule has 0 amide bonds. The van der Waals surface area contributed by atoms with Crippen LogP contribution in [0, 0.1) is 0 Å². The number of nitrogens with zero attached hydrogens (tertiary/aromatic N) is 5. The summed E-state index contributed by atoms with van der Waals surface area (Å²) in [5.74, 6) is 1.91. The lowest BCUT2D eigenvalue weighted by Gasteiger charge is -2.37. The van der Waals surface area contributed by atoms with E-state index in [1.165, 1.54) is 0 Å². The molecule has 28 heavy (non-hydrogen) atoms. The maximum Gasteiger partial charge on any atom is 0.251 e. The minimum absolute atomic E-state index is 0.0936. The zero-order valence-corrected chi connectivity index (χ0v) is 15.7. The van der Waals surface area contributed by atoms with Crippen LogP contribution in [0.5, 0.6) is 5.75 Å². The number of phenolic OH excluding ortho intramolecular Hbond substituents is 1. The first-order chi connectivity index (χ1) is 13.5. The van der Waals surface area contributed by atoms with Crippen molar-refractivity contribution in [2.45, 2.75) is 44.8 Å². The van der Waals surface area contributed by atoms with E-state index in [1.807, 2.05) is 6.92 Å². The van der Waals surface area contributed by atoms with E-state index in [-0.39, 0.29) is 11.6 Å². The van der Waals surface area contributed by atoms with Gasteiger partial charge in [-0.3, -0.25) is 4.90 Å². The first kappa shape index (κ1) is 18.6. The number of phenols is 1. The van der Waals surface area contributed by atoms with Crippen molar-refractivity contribution in [3.8, 4) is 17.2 Å². The molecule has 1 unspecified atom stereocenters. The summed E-state index contributed by atoms with van der Waals surface area (Å²) in [6.07, 6.45) is 2.53. The summed E-state index contributed by atoms with van der Waals surface area (Å²) in [6.45, 7) is 3.65. The fourth-order valence-corrected chi connectivity index (χ4v) is 3.54. The molecular formula is C19H23N5O4. The van der Waals surface area contributed by atoms with Crippen molar-refractivity contribution in [3.63, 3.8) is 0 Å². The van der Waals surface area contributed by atoms with Crippen molar-refractivity contribution in [1.82, 2.24) is 25.2 Å². The van der Waals surface area contributed by atoms with E-state index < -0.39 is 5.60 Å². The second kappa shape index (κ2) is 7.69. The number of aromatic hydroxyl groups is 1. The predicted molar refractivity (Wildman–Crippen MR) is 98.2 cm³/mol. The van der Waals surface area contributed by atoms with Gasteiger partial charge >= 0.3 is 0 Å². The van der Waals surface area contributed by atoms with Gasteiger partial charge in [0.15, 0.2) is 5.82 Å². The van der Waals surface area contributed by atoms with Gasteiger partial charge in [-0.1, -0.05) is 24.2 Å². The number of piperidine rings is 1. The Kier molecular flexibility index (Phi) is 5.10. The molecule has 0 aliphatic carbocycles. The average molecular weight is 385 g/mol. The van der Waals surface area contributed by atoms with Gasteiger partial charge in [-0.15, -0.1) is 10.2 Å². The molecule has 2 aromatic heterocycles. The summed E-state index contributed by atoms with van der Waals surface area (Å²) in [4.78, 5) is 6.37. The van der Waals surface area contributed by atoms with Crippen molar-refractivity contribution in [2.75, 3.05) is 13.1 Å². The molecule has 4 rings (SSSR count). The van der Waals surface area contributed by atoms with Crippen molar-refractivity contribution < 1.29 is 19.2 Å². The Labute approximate surface area is 162 Å². The van der Waals surface area contributed by atoms with Crippen LogP contribution < -0.4 is 0 Å². The summed E-state index contributed by atoms with van der Waals surface area (Å²) in [5.41, 5.74) is -0.435. The third kappa shape index (κ3) is 4.05. The molecule has 1 saturated heterocycles. The minimum atomic E-state index is -0.934. The Balaban J connectivity index is 1.42. The lowest BCUT2D eigenvalue weighted by molar-refractivity contribution is -0.0391. The quantitative estimate of drug-likeness (QED) is 0.655. The smallest absolute Gasteiger partial charge is 0.251 e. The zero-order chi connectivity index (χ0) is 19.6. The van der Waals surface area contributed by atoms with Gasteiger partial charge < -0.3 is 19.2 Å². The Bertz CT molecular complexity index is 940. The van der Waals surface area contributed by atoms with Crippen molar-refractivity contribution in [3.05, 3.63) is 41.9 Å². The number of benzene rings is 1.